The number of rotatable bonds is 5. The summed E-state index contributed by atoms with van der Waals surface area (Å²) in [6.07, 6.45) is 0.319. The van der Waals surface area contributed by atoms with Crippen LogP contribution >= 0.6 is 0 Å². The number of anilines is 1. The monoisotopic (exact) mass is 245 g/mol. The molecule has 0 saturated heterocycles. The first-order valence-electron chi connectivity index (χ1n) is 4.76. The number of nitrogens with one attached hydrogen (secondary N) is 1. The summed E-state index contributed by atoms with van der Waals surface area (Å²) in [6, 6.07) is 6.20. The zero-order valence-electron chi connectivity index (χ0n) is 8.92. The fourth-order valence-electron chi connectivity index (χ4n) is 1.12. The zero-order chi connectivity index (χ0) is 12.2. The van der Waals surface area contributed by atoms with Crippen molar-refractivity contribution in [3.8, 4) is 0 Å². The van der Waals surface area contributed by atoms with Gasteiger partial charge in [-0.1, -0.05) is 0 Å². The van der Waals surface area contributed by atoms with Crippen LogP contribution in [-0.2, 0) is 9.84 Å². The highest BCUT2D eigenvalue weighted by atomic mass is 32.2. The molecule has 0 aliphatic carbocycles. The van der Waals surface area contributed by atoms with Gasteiger partial charge in [-0.05, 0) is 24.3 Å². The number of benzene rings is 1. The molecule has 0 bridgehead atoms. The van der Waals surface area contributed by atoms with Crippen LogP contribution in [-0.4, -0.2) is 44.1 Å². The summed E-state index contributed by atoms with van der Waals surface area (Å²) in [6.45, 7) is -0.0941. The Morgan fingerprint density at radius 2 is 1.88 bits per heavy atom. The molecular formula is C10H15NO4S. The maximum atomic E-state index is 11.2. The van der Waals surface area contributed by atoms with Gasteiger partial charge in [-0.2, -0.15) is 0 Å². The van der Waals surface area contributed by atoms with Crippen LogP contribution < -0.4 is 5.32 Å². The van der Waals surface area contributed by atoms with Gasteiger partial charge in [0.05, 0.1) is 17.6 Å². The molecule has 0 radical (unpaired) electrons. The molecule has 6 heteroatoms. The molecule has 1 aromatic rings. The lowest BCUT2D eigenvalue weighted by molar-refractivity contribution is 0.105. The van der Waals surface area contributed by atoms with Gasteiger partial charge in [0, 0.05) is 18.5 Å². The van der Waals surface area contributed by atoms with Gasteiger partial charge in [-0.3, -0.25) is 0 Å². The maximum absolute atomic E-state index is 11.2. The van der Waals surface area contributed by atoms with Crippen LogP contribution in [0.4, 0.5) is 5.69 Å². The second-order valence-electron chi connectivity index (χ2n) is 3.51. The molecule has 0 aliphatic rings. The van der Waals surface area contributed by atoms with Gasteiger partial charge in [0.2, 0.25) is 0 Å². The first-order chi connectivity index (χ1) is 7.43. The SMILES string of the molecule is CS(=O)(=O)c1ccc(NCC(O)CO)cc1. The predicted octanol–water partition coefficient (Wildman–Crippen LogP) is -0.145. The second kappa shape index (κ2) is 5.29. The normalized spacial score (nSPS) is 13.4. The van der Waals surface area contributed by atoms with Crippen LogP contribution in [0.15, 0.2) is 29.2 Å². The first kappa shape index (κ1) is 13.0. The molecule has 0 saturated carbocycles. The molecule has 0 spiro atoms. The highest BCUT2D eigenvalue weighted by Crippen LogP contribution is 2.13. The van der Waals surface area contributed by atoms with Crippen molar-refractivity contribution < 1.29 is 18.6 Å². The number of hydrogen-bond acceptors (Lipinski definition) is 5. The first-order valence-corrected chi connectivity index (χ1v) is 6.65. The van der Waals surface area contributed by atoms with Crippen LogP contribution in [0.2, 0.25) is 0 Å². The third-order valence-electron chi connectivity index (χ3n) is 2.04. The Morgan fingerprint density at radius 1 is 1.31 bits per heavy atom. The average molecular weight is 245 g/mol. The average Bonchev–Trinajstić information content (AvgIpc) is 2.25. The lowest BCUT2D eigenvalue weighted by Crippen LogP contribution is -2.22. The van der Waals surface area contributed by atoms with Crippen molar-refractivity contribution >= 4 is 15.5 Å². The summed E-state index contributed by atoms with van der Waals surface area (Å²) in [5.41, 5.74) is 0.694. The molecule has 1 unspecified atom stereocenters. The minimum atomic E-state index is -3.17. The van der Waals surface area contributed by atoms with Gasteiger partial charge in [0.25, 0.3) is 0 Å². The van der Waals surface area contributed by atoms with E-state index in [1.54, 1.807) is 12.1 Å². The lowest BCUT2D eigenvalue weighted by Gasteiger charge is -2.10. The van der Waals surface area contributed by atoms with Gasteiger partial charge < -0.3 is 15.5 Å². The van der Waals surface area contributed by atoms with Crippen LogP contribution in [0.25, 0.3) is 0 Å². The Kier molecular flexibility index (Phi) is 4.28. The Hall–Kier alpha value is -1.11. The molecule has 5 nitrogen and oxygen atoms in total. The molecule has 16 heavy (non-hydrogen) atoms. The van der Waals surface area contributed by atoms with E-state index in [1.165, 1.54) is 12.1 Å². The molecule has 1 atom stereocenters. The van der Waals surface area contributed by atoms with Gasteiger partial charge in [-0.25, -0.2) is 8.42 Å². The lowest BCUT2D eigenvalue weighted by atomic mass is 10.3. The molecule has 90 valence electrons. The topological polar surface area (TPSA) is 86.6 Å². The summed E-state index contributed by atoms with van der Waals surface area (Å²) in [4.78, 5) is 0.251. The molecule has 0 heterocycles. The number of aliphatic hydroxyl groups excluding tert-OH is 2. The van der Waals surface area contributed by atoms with Crippen LogP contribution in [0.5, 0.6) is 0 Å². The molecule has 0 aliphatic heterocycles. The predicted molar refractivity (Wildman–Crippen MR) is 61.1 cm³/mol. The largest absolute Gasteiger partial charge is 0.394 e. The minimum absolute atomic E-state index is 0.217. The highest BCUT2D eigenvalue weighted by molar-refractivity contribution is 7.90. The summed E-state index contributed by atoms with van der Waals surface area (Å²) in [5.74, 6) is 0. The molecule has 0 aromatic heterocycles. The van der Waals surface area contributed by atoms with Crippen LogP contribution in [0.1, 0.15) is 0 Å². The van der Waals surface area contributed by atoms with E-state index in [1.807, 2.05) is 0 Å². The summed E-state index contributed by atoms with van der Waals surface area (Å²) in [5, 5.41) is 20.6. The van der Waals surface area contributed by atoms with Crippen molar-refractivity contribution in [1.82, 2.24) is 0 Å². The minimum Gasteiger partial charge on any atom is -0.394 e. The molecular weight excluding hydrogens is 230 g/mol. The number of sulfone groups is 1. The fourth-order valence-corrected chi connectivity index (χ4v) is 1.75. The van der Waals surface area contributed by atoms with E-state index in [0.717, 1.165) is 6.26 Å². The maximum Gasteiger partial charge on any atom is 0.175 e. The van der Waals surface area contributed by atoms with E-state index >= 15 is 0 Å². The quantitative estimate of drug-likeness (QED) is 0.672. The van der Waals surface area contributed by atoms with Crippen molar-refractivity contribution in [2.75, 3.05) is 24.7 Å². The zero-order valence-corrected chi connectivity index (χ0v) is 9.74. The highest BCUT2D eigenvalue weighted by Gasteiger charge is 2.06. The standard InChI is InChI=1S/C10H15NO4S/c1-16(14,15)10-4-2-8(3-5-10)11-6-9(13)7-12/h2-5,9,11-13H,6-7H2,1H3. The smallest absolute Gasteiger partial charge is 0.175 e. The Morgan fingerprint density at radius 3 is 2.31 bits per heavy atom. The van der Waals surface area contributed by atoms with Gasteiger partial charge in [0.15, 0.2) is 9.84 Å². The van der Waals surface area contributed by atoms with Crippen molar-refractivity contribution in [3.63, 3.8) is 0 Å². The molecule has 3 N–H and O–H groups in total. The fraction of sp³-hybridized carbons (Fsp3) is 0.400. The Bertz CT molecular complexity index is 427. The van der Waals surface area contributed by atoms with Crippen molar-refractivity contribution in [2.45, 2.75) is 11.0 Å². The van der Waals surface area contributed by atoms with Gasteiger partial charge in [0.1, 0.15) is 0 Å². The van der Waals surface area contributed by atoms with Crippen LogP contribution in [0.3, 0.4) is 0 Å². The third-order valence-corrected chi connectivity index (χ3v) is 3.16. The molecule has 1 rings (SSSR count). The van der Waals surface area contributed by atoms with Crippen molar-refractivity contribution in [3.05, 3.63) is 24.3 Å². The summed E-state index contributed by atoms with van der Waals surface area (Å²) >= 11 is 0. The van der Waals surface area contributed by atoms with Gasteiger partial charge in [-0.15, -0.1) is 0 Å². The summed E-state index contributed by atoms with van der Waals surface area (Å²) in [7, 11) is -3.17. The van der Waals surface area contributed by atoms with E-state index in [2.05, 4.69) is 5.32 Å². The van der Waals surface area contributed by atoms with E-state index < -0.39 is 15.9 Å². The molecule has 0 amide bonds. The number of aliphatic hydroxyl groups is 2. The molecule has 1 aromatic carbocycles. The van der Waals surface area contributed by atoms with Crippen LogP contribution in [0, 0.1) is 0 Å². The van der Waals surface area contributed by atoms with Crippen molar-refractivity contribution in [1.29, 1.82) is 0 Å². The van der Waals surface area contributed by atoms with E-state index in [4.69, 9.17) is 10.2 Å². The third kappa shape index (κ3) is 3.80. The Labute approximate surface area is 94.7 Å². The summed E-state index contributed by atoms with van der Waals surface area (Å²) < 4.78 is 22.3. The van der Waals surface area contributed by atoms with Crippen molar-refractivity contribution in [2.24, 2.45) is 0 Å². The van der Waals surface area contributed by atoms with Gasteiger partial charge >= 0.3 is 0 Å². The van der Waals surface area contributed by atoms with E-state index in [-0.39, 0.29) is 18.0 Å². The molecule has 0 fully saturated rings. The Balaban J connectivity index is 2.66. The number of hydrogen-bond donors (Lipinski definition) is 3. The van der Waals surface area contributed by atoms with E-state index in [0.29, 0.717) is 5.69 Å². The van der Waals surface area contributed by atoms with E-state index in [9.17, 15) is 8.42 Å². The second-order valence-corrected chi connectivity index (χ2v) is 5.53.